The second kappa shape index (κ2) is 9.29. The summed E-state index contributed by atoms with van der Waals surface area (Å²) in [4.78, 5) is 12.6. The van der Waals surface area contributed by atoms with Crippen molar-refractivity contribution in [1.29, 1.82) is 0 Å². The highest BCUT2D eigenvalue weighted by molar-refractivity contribution is 5.92. The van der Waals surface area contributed by atoms with Gasteiger partial charge in [-0.05, 0) is 30.2 Å². The van der Waals surface area contributed by atoms with Crippen molar-refractivity contribution >= 4 is 5.91 Å². The first-order chi connectivity index (χ1) is 14.0. The molecule has 8 heteroatoms. The Bertz CT molecular complexity index is 959. The van der Waals surface area contributed by atoms with Gasteiger partial charge < -0.3 is 15.2 Å². The summed E-state index contributed by atoms with van der Waals surface area (Å²) in [6.07, 6.45) is 1.02. The third-order valence-electron chi connectivity index (χ3n) is 4.63. The van der Waals surface area contributed by atoms with Gasteiger partial charge in [0.25, 0.3) is 5.91 Å². The fourth-order valence-electron chi connectivity index (χ4n) is 3.00. The lowest BCUT2D eigenvalue weighted by molar-refractivity contribution is 0.0930. The largest absolute Gasteiger partial charge is 0.497 e. The first-order valence-corrected chi connectivity index (χ1v) is 9.29. The van der Waals surface area contributed by atoms with Crippen LogP contribution in [0.3, 0.4) is 0 Å². The predicted octanol–water partition coefficient (Wildman–Crippen LogP) is 3.04. The van der Waals surface area contributed by atoms with E-state index in [4.69, 9.17) is 4.74 Å². The molecule has 1 amide bonds. The molecule has 0 bridgehead atoms. The third-order valence-corrected chi connectivity index (χ3v) is 4.63. The van der Waals surface area contributed by atoms with Crippen LogP contribution in [0.4, 0.5) is 4.39 Å². The van der Waals surface area contributed by atoms with Crippen molar-refractivity contribution in [3.63, 3.8) is 0 Å². The minimum Gasteiger partial charge on any atom is -0.497 e. The Labute approximate surface area is 168 Å². The zero-order valence-electron chi connectivity index (χ0n) is 16.2. The molecule has 3 aromatic rings. The number of carbonyl (C=O) groups excluding carboxylic acids is 1. The van der Waals surface area contributed by atoms with Crippen LogP contribution >= 0.6 is 0 Å². The van der Waals surface area contributed by atoms with E-state index in [1.807, 2.05) is 31.2 Å². The van der Waals surface area contributed by atoms with Gasteiger partial charge in [-0.2, -0.15) is 0 Å². The maximum atomic E-state index is 13.8. The summed E-state index contributed by atoms with van der Waals surface area (Å²) in [5.74, 6) is -0.131. The van der Waals surface area contributed by atoms with Crippen LogP contribution in [0, 0.1) is 5.82 Å². The van der Waals surface area contributed by atoms with Crippen molar-refractivity contribution in [2.75, 3.05) is 7.11 Å². The van der Waals surface area contributed by atoms with Gasteiger partial charge in [0.05, 0.1) is 25.9 Å². The number of nitrogens with zero attached hydrogens (tertiary/aromatic N) is 3. The Morgan fingerprint density at radius 2 is 1.97 bits per heavy atom. The number of halogens is 1. The normalized spacial score (nSPS) is 13.0. The number of ether oxygens (including phenoxy) is 1. The first kappa shape index (κ1) is 20.5. The highest BCUT2D eigenvalue weighted by Gasteiger charge is 2.19. The number of methoxy groups -OCH3 is 1. The lowest BCUT2D eigenvalue weighted by Crippen LogP contribution is -2.28. The molecule has 0 aliphatic carbocycles. The van der Waals surface area contributed by atoms with Crippen LogP contribution in [0.2, 0.25) is 0 Å². The van der Waals surface area contributed by atoms with Gasteiger partial charge in [-0.25, -0.2) is 9.07 Å². The minimum absolute atomic E-state index is 0.0170. The summed E-state index contributed by atoms with van der Waals surface area (Å²) in [7, 11) is 1.60. The fraction of sp³-hybridized carbons (Fsp3) is 0.286. The molecule has 0 saturated carbocycles. The molecule has 3 rings (SSSR count). The van der Waals surface area contributed by atoms with E-state index in [0.717, 1.165) is 11.3 Å². The average molecular weight is 398 g/mol. The summed E-state index contributed by atoms with van der Waals surface area (Å²) in [6, 6.07) is 13.3. The predicted molar refractivity (Wildman–Crippen MR) is 105 cm³/mol. The molecular formula is C21H23FN4O3. The van der Waals surface area contributed by atoms with Gasteiger partial charge in [0, 0.05) is 5.56 Å². The molecule has 0 fully saturated rings. The van der Waals surface area contributed by atoms with E-state index in [0.29, 0.717) is 6.42 Å². The molecule has 0 saturated heterocycles. The zero-order valence-corrected chi connectivity index (χ0v) is 16.2. The molecule has 0 spiro atoms. The smallest absolute Gasteiger partial charge is 0.273 e. The van der Waals surface area contributed by atoms with Crippen molar-refractivity contribution in [3.05, 3.63) is 77.4 Å². The molecule has 29 heavy (non-hydrogen) atoms. The summed E-state index contributed by atoms with van der Waals surface area (Å²) >= 11 is 0. The molecule has 0 radical (unpaired) electrons. The molecule has 2 unspecified atom stereocenters. The lowest BCUT2D eigenvalue weighted by atomic mass is 10.0. The second-order valence-corrected chi connectivity index (χ2v) is 6.57. The lowest BCUT2D eigenvalue weighted by Gasteiger charge is -2.17. The Hall–Kier alpha value is -3.26. The molecule has 1 heterocycles. The van der Waals surface area contributed by atoms with E-state index in [1.165, 1.54) is 23.0 Å². The van der Waals surface area contributed by atoms with Crippen LogP contribution < -0.4 is 10.1 Å². The van der Waals surface area contributed by atoms with Crippen molar-refractivity contribution in [2.45, 2.75) is 32.0 Å². The third kappa shape index (κ3) is 4.97. The number of hydrogen-bond acceptors (Lipinski definition) is 5. The molecule has 2 N–H and O–H groups in total. The number of rotatable bonds is 8. The van der Waals surface area contributed by atoms with Crippen LogP contribution in [-0.2, 0) is 6.54 Å². The molecule has 0 aliphatic rings. The molecule has 1 aromatic heterocycles. The van der Waals surface area contributed by atoms with Crippen LogP contribution in [0.5, 0.6) is 5.75 Å². The highest BCUT2D eigenvalue weighted by Crippen LogP contribution is 2.21. The maximum absolute atomic E-state index is 13.8. The summed E-state index contributed by atoms with van der Waals surface area (Å²) in [5.41, 5.74) is 1.24. The first-order valence-electron chi connectivity index (χ1n) is 9.29. The van der Waals surface area contributed by atoms with Crippen molar-refractivity contribution in [1.82, 2.24) is 20.3 Å². The van der Waals surface area contributed by atoms with Crippen LogP contribution in [0.1, 0.15) is 47.1 Å². The van der Waals surface area contributed by atoms with Gasteiger partial charge in [-0.15, -0.1) is 5.10 Å². The number of hydrogen-bond donors (Lipinski definition) is 2. The van der Waals surface area contributed by atoms with Crippen LogP contribution in [0.15, 0.2) is 54.7 Å². The number of aliphatic hydroxyl groups excluding tert-OH is 1. The number of carbonyl (C=O) groups is 1. The summed E-state index contributed by atoms with van der Waals surface area (Å²) < 4.78 is 20.3. The Balaban J connectivity index is 1.65. The van der Waals surface area contributed by atoms with Gasteiger partial charge in [-0.1, -0.05) is 42.5 Å². The topological polar surface area (TPSA) is 89.3 Å². The maximum Gasteiger partial charge on any atom is 0.273 e. The highest BCUT2D eigenvalue weighted by atomic mass is 19.1. The SMILES string of the molecule is CCC(NC(=O)c1cn(CC(O)c2ccccc2F)nn1)c1ccc(OC)cc1. The van der Waals surface area contributed by atoms with Crippen molar-refractivity contribution in [3.8, 4) is 5.75 Å². The molecule has 7 nitrogen and oxygen atoms in total. The second-order valence-electron chi connectivity index (χ2n) is 6.57. The number of aromatic nitrogens is 3. The molecule has 2 atom stereocenters. The van der Waals surface area contributed by atoms with Crippen molar-refractivity contribution in [2.24, 2.45) is 0 Å². The average Bonchev–Trinajstić information content (AvgIpc) is 3.21. The number of nitrogens with one attached hydrogen (secondary N) is 1. The number of amides is 1. The minimum atomic E-state index is -1.10. The summed E-state index contributed by atoms with van der Waals surface area (Å²) in [6.45, 7) is 1.95. The van der Waals surface area contributed by atoms with E-state index in [1.54, 1.807) is 19.2 Å². The Kier molecular flexibility index (Phi) is 6.56. The van der Waals surface area contributed by atoms with Gasteiger partial charge in [0.15, 0.2) is 5.69 Å². The molecular weight excluding hydrogens is 375 g/mol. The van der Waals surface area contributed by atoms with E-state index >= 15 is 0 Å². The molecule has 0 aliphatic heterocycles. The molecule has 2 aromatic carbocycles. The van der Waals surface area contributed by atoms with E-state index in [2.05, 4.69) is 15.6 Å². The van der Waals surface area contributed by atoms with Gasteiger partial charge in [-0.3, -0.25) is 4.79 Å². The van der Waals surface area contributed by atoms with E-state index in [-0.39, 0.29) is 29.8 Å². The zero-order chi connectivity index (χ0) is 20.8. The van der Waals surface area contributed by atoms with Gasteiger partial charge in [0.1, 0.15) is 17.7 Å². The van der Waals surface area contributed by atoms with Gasteiger partial charge in [0.2, 0.25) is 0 Å². The standard InChI is InChI=1S/C21H23FN4O3/c1-3-18(14-8-10-15(29-2)11-9-14)23-21(28)19-12-26(25-24-19)13-20(27)16-6-4-5-7-17(16)22/h4-12,18,20,27H,3,13H2,1-2H3,(H,23,28). The number of aliphatic hydroxyl groups is 1. The van der Waals surface area contributed by atoms with E-state index in [9.17, 15) is 14.3 Å². The Morgan fingerprint density at radius 1 is 1.24 bits per heavy atom. The summed E-state index contributed by atoms with van der Waals surface area (Å²) in [5, 5.41) is 20.9. The van der Waals surface area contributed by atoms with Crippen LogP contribution in [0.25, 0.3) is 0 Å². The molecule has 152 valence electrons. The van der Waals surface area contributed by atoms with Gasteiger partial charge >= 0.3 is 0 Å². The van der Waals surface area contributed by atoms with E-state index < -0.39 is 11.9 Å². The Morgan fingerprint density at radius 3 is 2.62 bits per heavy atom. The quantitative estimate of drug-likeness (QED) is 0.609. The number of benzene rings is 2. The van der Waals surface area contributed by atoms with Crippen molar-refractivity contribution < 1.29 is 19.0 Å². The monoisotopic (exact) mass is 398 g/mol. The fourth-order valence-corrected chi connectivity index (χ4v) is 3.00. The van der Waals surface area contributed by atoms with Crippen LogP contribution in [-0.4, -0.2) is 33.1 Å².